The number of hydrogen-bond acceptors (Lipinski definition) is 5. The first-order valence-corrected chi connectivity index (χ1v) is 14.9. The molecule has 0 aromatic heterocycles. The average molecular weight is 615 g/mol. The second-order valence-electron chi connectivity index (χ2n) is 11.4. The first kappa shape index (κ1) is 31.8. The number of nitrogens with two attached hydrogens (primary N) is 1. The van der Waals surface area contributed by atoms with Crippen LogP contribution in [0.5, 0.6) is 5.75 Å². The van der Waals surface area contributed by atoms with Crippen LogP contribution in [0.1, 0.15) is 41.1 Å². The Morgan fingerprint density at radius 1 is 0.889 bits per heavy atom. The molecule has 4 aromatic rings. The molecule has 9 heteroatoms. The van der Waals surface area contributed by atoms with Gasteiger partial charge in [-0.15, -0.1) is 0 Å². The van der Waals surface area contributed by atoms with Gasteiger partial charge >= 0.3 is 6.18 Å². The summed E-state index contributed by atoms with van der Waals surface area (Å²) >= 11 is 0. The van der Waals surface area contributed by atoms with Crippen LogP contribution in [-0.2, 0) is 11.4 Å². The summed E-state index contributed by atoms with van der Waals surface area (Å²) in [4.78, 5) is 13.4. The quantitative estimate of drug-likeness (QED) is 0.117. The van der Waals surface area contributed by atoms with Gasteiger partial charge in [0, 0.05) is 11.4 Å². The van der Waals surface area contributed by atoms with Crippen molar-refractivity contribution in [3.8, 4) is 5.75 Å². The van der Waals surface area contributed by atoms with Crippen molar-refractivity contribution in [2.24, 2.45) is 11.7 Å². The number of alkyl halides is 3. The predicted molar refractivity (Wildman–Crippen MR) is 172 cm³/mol. The van der Waals surface area contributed by atoms with Crippen LogP contribution < -0.4 is 26.4 Å². The highest BCUT2D eigenvalue weighted by Gasteiger charge is 2.36. The number of amides is 1. The average Bonchev–Trinajstić information content (AvgIpc) is 3.85. The number of carbonyl (C=O) groups is 1. The number of carbonyl (C=O) groups excluding carboxylic acids is 1. The molecule has 0 heterocycles. The molecule has 1 aliphatic carbocycles. The van der Waals surface area contributed by atoms with Gasteiger partial charge in [0.1, 0.15) is 24.1 Å². The fraction of sp³-hybridized carbons (Fsp3) is 0.250. The van der Waals surface area contributed by atoms with Gasteiger partial charge in [-0.2, -0.15) is 13.2 Å². The van der Waals surface area contributed by atoms with Crippen molar-refractivity contribution < 1.29 is 22.7 Å². The third-order valence-electron chi connectivity index (χ3n) is 7.49. The molecule has 0 aliphatic heterocycles. The number of nitrogens with one attached hydrogen (secondary N) is 3. The van der Waals surface area contributed by atoms with Crippen molar-refractivity contribution in [3.05, 3.63) is 137 Å². The number of halogens is 3. The lowest BCUT2D eigenvalue weighted by molar-refractivity contribution is -0.137. The van der Waals surface area contributed by atoms with E-state index in [1.165, 1.54) is 12.8 Å². The fourth-order valence-electron chi connectivity index (χ4n) is 4.88. The zero-order valence-electron chi connectivity index (χ0n) is 25.0. The maximum absolute atomic E-state index is 13.4. The standard InChI is InChI=1S/C36H37F3N4O2/c1-24-8-5-13-29(18-24)42-32(21-33(40)36(37,38)39)35(44)43-30-14-6-11-27(19-30)34(41-22-25-16-17-25)28-12-7-15-31(20-28)45-23-26-9-3-2-4-10-26/h2-15,18-21,25,33-34,41-42H,16-17,22-23,40H2,1H3,(H,43,44)/b32-21-. The molecule has 0 saturated heterocycles. The molecule has 0 bridgehead atoms. The maximum atomic E-state index is 13.4. The Morgan fingerprint density at radius 2 is 1.56 bits per heavy atom. The lowest BCUT2D eigenvalue weighted by Gasteiger charge is -2.22. The monoisotopic (exact) mass is 614 g/mol. The first-order valence-electron chi connectivity index (χ1n) is 14.9. The van der Waals surface area contributed by atoms with E-state index in [2.05, 4.69) is 16.0 Å². The lowest BCUT2D eigenvalue weighted by atomic mass is 9.97. The van der Waals surface area contributed by atoms with Gasteiger partial charge in [-0.05, 0) is 97.0 Å². The van der Waals surface area contributed by atoms with Gasteiger partial charge in [-0.25, -0.2) is 0 Å². The van der Waals surface area contributed by atoms with Gasteiger partial charge in [0.25, 0.3) is 5.91 Å². The second kappa shape index (κ2) is 14.5. The Labute approximate surface area is 261 Å². The molecule has 5 rings (SSSR count). The third-order valence-corrected chi connectivity index (χ3v) is 7.49. The number of rotatable bonds is 13. The van der Waals surface area contributed by atoms with Crippen LogP contribution in [0.25, 0.3) is 0 Å². The van der Waals surface area contributed by atoms with E-state index in [1.807, 2.05) is 85.8 Å². The van der Waals surface area contributed by atoms with Crippen LogP contribution in [0, 0.1) is 12.8 Å². The van der Waals surface area contributed by atoms with Crippen molar-refractivity contribution in [3.63, 3.8) is 0 Å². The number of hydrogen-bond donors (Lipinski definition) is 4. The van der Waals surface area contributed by atoms with Crippen LogP contribution in [0.2, 0.25) is 0 Å². The van der Waals surface area contributed by atoms with Gasteiger partial charge < -0.3 is 26.4 Å². The molecule has 0 spiro atoms. The topological polar surface area (TPSA) is 88.4 Å². The van der Waals surface area contributed by atoms with Crippen LogP contribution in [0.15, 0.2) is 115 Å². The molecule has 1 saturated carbocycles. The largest absolute Gasteiger partial charge is 0.489 e. The Morgan fingerprint density at radius 3 is 2.24 bits per heavy atom. The van der Waals surface area contributed by atoms with E-state index in [9.17, 15) is 18.0 Å². The van der Waals surface area contributed by atoms with Crippen molar-refractivity contribution >= 4 is 17.3 Å². The SMILES string of the molecule is Cc1cccc(N/C(=C\C(N)C(F)(F)F)C(=O)Nc2cccc(C(NCC3CC3)c3cccc(OCc4ccccc4)c3)c2)c1. The molecule has 4 aromatic carbocycles. The normalized spacial score (nSPS) is 14.8. The third kappa shape index (κ3) is 9.44. The summed E-state index contributed by atoms with van der Waals surface area (Å²) in [5.41, 5.74) is 9.81. The summed E-state index contributed by atoms with van der Waals surface area (Å²) in [6.45, 7) is 3.12. The van der Waals surface area contributed by atoms with Crippen LogP contribution in [0.4, 0.5) is 24.5 Å². The van der Waals surface area contributed by atoms with E-state index in [-0.39, 0.29) is 11.7 Å². The fourth-order valence-corrected chi connectivity index (χ4v) is 4.88. The number of ether oxygens (including phenoxy) is 1. The number of aryl methyl sites for hydroxylation is 1. The van der Waals surface area contributed by atoms with Crippen LogP contribution in [0.3, 0.4) is 0 Å². The highest BCUT2D eigenvalue weighted by atomic mass is 19.4. The van der Waals surface area contributed by atoms with E-state index in [0.717, 1.165) is 34.5 Å². The van der Waals surface area contributed by atoms with E-state index >= 15 is 0 Å². The van der Waals surface area contributed by atoms with Gasteiger partial charge in [0.15, 0.2) is 0 Å². The van der Waals surface area contributed by atoms with Crippen molar-refractivity contribution in [2.75, 3.05) is 17.2 Å². The molecule has 1 aliphatic rings. The molecular formula is C36H37F3N4O2. The van der Waals surface area contributed by atoms with Crippen molar-refractivity contribution in [2.45, 2.75) is 44.6 Å². The van der Waals surface area contributed by atoms with Crippen molar-refractivity contribution in [1.29, 1.82) is 0 Å². The lowest BCUT2D eigenvalue weighted by Crippen LogP contribution is -2.37. The zero-order chi connectivity index (χ0) is 31.8. The van der Waals surface area contributed by atoms with Crippen molar-refractivity contribution in [1.82, 2.24) is 5.32 Å². The maximum Gasteiger partial charge on any atom is 0.407 e. The molecule has 2 atom stereocenters. The number of benzene rings is 4. The van der Waals surface area contributed by atoms with E-state index < -0.39 is 18.1 Å². The summed E-state index contributed by atoms with van der Waals surface area (Å²) in [5, 5.41) is 9.25. The van der Waals surface area contributed by atoms with E-state index in [4.69, 9.17) is 10.5 Å². The number of anilines is 2. The van der Waals surface area contributed by atoms with Gasteiger partial charge in [-0.1, -0.05) is 66.7 Å². The summed E-state index contributed by atoms with van der Waals surface area (Å²) < 4.78 is 46.2. The van der Waals surface area contributed by atoms with Gasteiger partial charge in [-0.3, -0.25) is 4.79 Å². The molecule has 45 heavy (non-hydrogen) atoms. The summed E-state index contributed by atoms with van der Waals surface area (Å²) in [7, 11) is 0. The Bertz CT molecular complexity index is 1620. The Kier molecular flexibility index (Phi) is 10.2. The minimum atomic E-state index is -4.71. The Hall–Kier alpha value is -4.60. The molecule has 234 valence electrons. The first-order chi connectivity index (χ1) is 21.6. The molecule has 0 radical (unpaired) electrons. The van der Waals surface area contributed by atoms with E-state index in [1.54, 1.807) is 24.3 Å². The molecule has 6 nitrogen and oxygen atoms in total. The minimum absolute atomic E-state index is 0.207. The minimum Gasteiger partial charge on any atom is -0.489 e. The predicted octanol–water partition coefficient (Wildman–Crippen LogP) is 7.49. The van der Waals surface area contributed by atoms with Gasteiger partial charge in [0.2, 0.25) is 0 Å². The molecule has 1 amide bonds. The Balaban J connectivity index is 1.37. The zero-order valence-corrected chi connectivity index (χ0v) is 25.0. The molecule has 5 N–H and O–H groups in total. The molecule has 2 unspecified atom stereocenters. The van der Waals surface area contributed by atoms with Crippen LogP contribution >= 0.6 is 0 Å². The summed E-state index contributed by atoms with van der Waals surface area (Å²) in [6, 6.07) is 29.6. The van der Waals surface area contributed by atoms with Gasteiger partial charge in [0.05, 0.1) is 6.04 Å². The molecule has 1 fully saturated rings. The molecular weight excluding hydrogens is 577 g/mol. The summed E-state index contributed by atoms with van der Waals surface area (Å²) in [6.07, 6.45) is -1.65. The summed E-state index contributed by atoms with van der Waals surface area (Å²) in [5.74, 6) is 0.607. The second-order valence-corrected chi connectivity index (χ2v) is 11.4. The van der Waals surface area contributed by atoms with Crippen LogP contribution in [-0.4, -0.2) is 24.7 Å². The smallest absolute Gasteiger partial charge is 0.407 e. The van der Waals surface area contributed by atoms with E-state index in [0.29, 0.717) is 30.0 Å². The highest BCUT2D eigenvalue weighted by Crippen LogP contribution is 2.32. The highest BCUT2D eigenvalue weighted by molar-refractivity contribution is 6.05.